The van der Waals surface area contributed by atoms with Crippen molar-refractivity contribution >= 4 is 46.5 Å². The molecule has 8 heteroatoms. The van der Waals surface area contributed by atoms with E-state index in [1.807, 2.05) is 44.2 Å². The summed E-state index contributed by atoms with van der Waals surface area (Å²) in [5.41, 5.74) is 3.14. The van der Waals surface area contributed by atoms with Gasteiger partial charge in [0.1, 0.15) is 5.75 Å². The van der Waals surface area contributed by atoms with Gasteiger partial charge in [-0.05, 0) is 80.3 Å². The molecule has 1 aliphatic carbocycles. The Labute approximate surface area is 217 Å². The van der Waals surface area contributed by atoms with Crippen molar-refractivity contribution in [2.45, 2.75) is 44.2 Å². The zero-order valence-electron chi connectivity index (χ0n) is 19.9. The van der Waals surface area contributed by atoms with Gasteiger partial charge in [0.2, 0.25) is 5.91 Å². The number of nitrogens with zero attached hydrogens (tertiary/aromatic N) is 3. The smallest absolute Gasteiger partial charge is 0.264 e. The molecule has 1 aliphatic heterocycles. The third-order valence-electron chi connectivity index (χ3n) is 6.86. The first kappa shape index (κ1) is 25.2. The largest absolute Gasteiger partial charge is 0.431 e. The van der Waals surface area contributed by atoms with E-state index in [0.717, 1.165) is 48.4 Å². The highest BCUT2D eigenvalue weighted by Gasteiger charge is 2.39. The molecule has 1 amide bonds. The van der Waals surface area contributed by atoms with Crippen LogP contribution in [-0.4, -0.2) is 66.1 Å². The maximum Gasteiger partial charge on any atom is 0.264 e. The number of ether oxygens (including phenoxy) is 1. The second kappa shape index (κ2) is 10.8. The van der Waals surface area contributed by atoms with Gasteiger partial charge in [-0.25, -0.2) is 0 Å². The summed E-state index contributed by atoms with van der Waals surface area (Å²) < 4.78 is 6.06. The molecule has 1 heterocycles. The Morgan fingerprint density at radius 3 is 2.53 bits per heavy atom. The van der Waals surface area contributed by atoms with Crippen molar-refractivity contribution in [1.29, 1.82) is 0 Å². The first-order valence-electron chi connectivity index (χ1n) is 11.7. The summed E-state index contributed by atoms with van der Waals surface area (Å²) in [6, 6.07) is 11.7. The van der Waals surface area contributed by atoms with Gasteiger partial charge in [0, 0.05) is 32.7 Å². The monoisotopic (exact) mass is 519 g/mol. The number of likely N-dealkylation sites (tertiary alicyclic amines) is 1. The van der Waals surface area contributed by atoms with Crippen molar-refractivity contribution in [2.75, 3.05) is 34.2 Å². The Hall–Kier alpha value is -1.86. The van der Waals surface area contributed by atoms with Crippen molar-refractivity contribution in [3.8, 4) is 5.75 Å². The second-order valence-electron chi connectivity index (χ2n) is 9.31. The van der Waals surface area contributed by atoms with E-state index in [2.05, 4.69) is 11.0 Å². The Bertz CT molecular complexity index is 1070. The average molecular weight is 521 g/mol. The lowest BCUT2D eigenvalue weighted by Crippen LogP contribution is -2.48. The van der Waals surface area contributed by atoms with Gasteiger partial charge < -0.3 is 14.5 Å². The van der Waals surface area contributed by atoms with Gasteiger partial charge in [-0.3, -0.25) is 9.69 Å². The molecule has 2 aromatic rings. The van der Waals surface area contributed by atoms with E-state index in [4.69, 9.17) is 40.2 Å². The number of carbonyl (C=O) groups excluding carboxylic acids is 1. The van der Waals surface area contributed by atoms with Gasteiger partial charge in [0.15, 0.2) is 0 Å². The van der Waals surface area contributed by atoms with E-state index in [0.29, 0.717) is 15.2 Å². The fraction of sp³-hybridized carbons (Fsp3) is 0.462. The number of hydrogen-bond donors (Lipinski definition) is 0. The minimum absolute atomic E-state index is 0.0515. The van der Waals surface area contributed by atoms with E-state index in [9.17, 15) is 4.79 Å². The first-order valence-corrected chi connectivity index (χ1v) is 12.9. The molecule has 34 heavy (non-hydrogen) atoms. The third-order valence-corrected chi connectivity index (χ3v) is 8.05. The summed E-state index contributed by atoms with van der Waals surface area (Å²) in [5, 5.41) is 1.38. The van der Waals surface area contributed by atoms with Crippen molar-refractivity contribution in [3.05, 3.63) is 63.1 Å². The number of likely N-dealkylation sites (N-methyl/N-ethyl adjacent to an activating group) is 1. The van der Waals surface area contributed by atoms with E-state index in [1.165, 1.54) is 12.8 Å². The van der Waals surface area contributed by atoms with Gasteiger partial charge in [-0.1, -0.05) is 41.4 Å². The first-order chi connectivity index (χ1) is 16.3. The molecule has 0 saturated carbocycles. The van der Waals surface area contributed by atoms with Crippen LogP contribution < -0.4 is 4.74 Å². The molecule has 0 bridgehead atoms. The highest BCUT2D eigenvalue weighted by molar-refractivity contribution is 7.80. The van der Waals surface area contributed by atoms with Crippen LogP contribution in [0.4, 0.5) is 0 Å². The summed E-state index contributed by atoms with van der Waals surface area (Å²) in [6.07, 6.45) is 4.55. The zero-order valence-corrected chi connectivity index (χ0v) is 22.2. The summed E-state index contributed by atoms with van der Waals surface area (Å²) in [4.78, 5) is 19.8. The van der Waals surface area contributed by atoms with Gasteiger partial charge in [-0.2, -0.15) is 0 Å². The summed E-state index contributed by atoms with van der Waals surface area (Å²) in [5.74, 6) is 0.835. The second-order valence-corrected chi connectivity index (χ2v) is 10.5. The molecule has 0 aromatic heterocycles. The van der Waals surface area contributed by atoms with E-state index < -0.39 is 0 Å². The SMILES string of the molecule is CN(C)C(=S)Oc1cccc2c1CC[C@@H](N1CCCC1)[C@@H]2N(C)C(=O)Cc1ccc(Cl)c(Cl)c1. The summed E-state index contributed by atoms with van der Waals surface area (Å²) >= 11 is 17.7. The van der Waals surface area contributed by atoms with Crippen LogP contribution in [-0.2, 0) is 17.6 Å². The van der Waals surface area contributed by atoms with Crippen LogP contribution in [0.15, 0.2) is 36.4 Å². The minimum Gasteiger partial charge on any atom is -0.431 e. The van der Waals surface area contributed by atoms with Crippen molar-refractivity contribution in [1.82, 2.24) is 14.7 Å². The number of thiocarbonyl (C=S) groups is 1. The molecule has 5 nitrogen and oxygen atoms in total. The number of fused-ring (bicyclic) bond motifs is 1. The van der Waals surface area contributed by atoms with Crippen LogP contribution in [0, 0.1) is 0 Å². The maximum absolute atomic E-state index is 13.5. The molecule has 0 unspecified atom stereocenters. The molecule has 2 aromatic carbocycles. The Balaban J connectivity index is 1.66. The topological polar surface area (TPSA) is 36.0 Å². The minimum atomic E-state index is -0.0615. The lowest BCUT2D eigenvalue weighted by atomic mass is 9.81. The molecule has 1 saturated heterocycles. The molecule has 1 fully saturated rings. The number of rotatable bonds is 5. The quantitative estimate of drug-likeness (QED) is 0.496. The van der Waals surface area contributed by atoms with Crippen LogP contribution in [0.1, 0.15) is 42.0 Å². The van der Waals surface area contributed by atoms with E-state index >= 15 is 0 Å². The Kier molecular flexibility index (Phi) is 8.03. The van der Waals surface area contributed by atoms with Crippen LogP contribution in [0.3, 0.4) is 0 Å². The van der Waals surface area contributed by atoms with Gasteiger partial charge in [-0.15, -0.1) is 0 Å². The van der Waals surface area contributed by atoms with E-state index in [-0.39, 0.29) is 24.4 Å². The standard InChI is InChI=1S/C26H31Cl2N3O2S/c1-29(2)26(34)33-23-8-6-7-19-18(23)10-12-22(31-13-4-5-14-31)25(19)30(3)24(32)16-17-9-11-20(27)21(28)15-17/h6-9,11,15,22,25H,4-5,10,12-14,16H2,1-3H3/t22-,25-/m1/s1. The predicted octanol–water partition coefficient (Wildman–Crippen LogP) is 5.37. The fourth-order valence-corrected chi connectivity index (χ4v) is 5.50. The molecule has 2 aliphatic rings. The molecular formula is C26H31Cl2N3O2S. The lowest BCUT2D eigenvalue weighted by molar-refractivity contribution is -0.133. The van der Waals surface area contributed by atoms with Crippen molar-refractivity contribution < 1.29 is 9.53 Å². The van der Waals surface area contributed by atoms with Crippen LogP contribution in [0.25, 0.3) is 0 Å². The normalized spacial score (nSPS) is 20.0. The Morgan fingerprint density at radius 1 is 1.12 bits per heavy atom. The van der Waals surface area contributed by atoms with E-state index in [1.54, 1.807) is 17.0 Å². The molecule has 0 N–H and O–H groups in total. The van der Waals surface area contributed by atoms with Gasteiger partial charge in [0.25, 0.3) is 5.17 Å². The molecule has 2 atom stereocenters. The van der Waals surface area contributed by atoms with Crippen molar-refractivity contribution in [2.24, 2.45) is 0 Å². The highest BCUT2D eigenvalue weighted by Crippen LogP contribution is 2.41. The van der Waals surface area contributed by atoms with Gasteiger partial charge >= 0.3 is 0 Å². The highest BCUT2D eigenvalue weighted by atomic mass is 35.5. The predicted molar refractivity (Wildman–Crippen MR) is 142 cm³/mol. The Morgan fingerprint density at radius 2 is 1.85 bits per heavy atom. The summed E-state index contributed by atoms with van der Waals surface area (Å²) in [6.45, 7) is 2.15. The molecule has 0 radical (unpaired) electrons. The van der Waals surface area contributed by atoms with Crippen LogP contribution in [0.5, 0.6) is 5.75 Å². The maximum atomic E-state index is 13.5. The number of hydrogen-bond acceptors (Lipinski definition) is 4. The van der Waals surface area contributed by atoms with Crippen molar-refractivity contribution in [3.63, 3.8) is 0 Å². The number of amides is 1. The fourth-order valence-electron chi connectivity index (χ4n) is 5.09. The average Bonchev–Trinajstić information content (AvgIpc) is 3.35. The number of halogens is 2. The summed E-state index contributed by atoms with van der Waals surface area (Å²) in [7, 11) is 5.67. The van der Waals surface area contributed by atoms with Gasteiger partial charge in [0.05, 0.1) is 22.5 Å². The number of carbonyl (C=O) groups is 1. The number of benzene rings is 2. The zero-order chi connectivity index (χ0) is 24.4. The van der Waals surface area contributed by atoms with Crippen LogP contribution >= 0.6 is 35.4 Å². The molecule has 0 spiro atoms. The molecule has 182 valence electrons. The lowest BCUT2D eigenvalue weighted by Gasteiger charge is -2.44. The third kappa shape index (κ3) is 5.35. The molecule has 4 rings (SSSR count). The van der Waals surface area contributed by atoms with Crippen LogP contribution in [0.2, 0.25) is 10.0 Å². The molecular weight excluding hydrogens is 489 g/mol.